The highest BCUT2D eigenvalue weighted by molar-refractivity contribution is 5.76. The molecule has 0 spiro atoms. The van der Waals surface area contributed by atoms with Crippen LogP contribution in [0.15, 0.2) is 36.4 Å². The predicted molar refractivity (Wildman–Crippen MR) is 102 cm³/mol. The van der Waals surface area contributed by atoms with Gasteiger partial charge < -0.3 is 24.8 Å². The van der Waals surface area contributed by atoms with E-state index in [1.54, 1.807) is 21.3 Å². The van der Waals surface area contributed by atoms with Crippen molar-refractivity contribution in [3.05, 3.63) is 47.5 Å². The lowest BCUT2D eigenvalue weighted by atomic mass is 10.1. The number of carbonyl (C=O) groups is 1. The molecule has 140 valence electrons. The zero-order valence-corrected chi connectivity index (χ0v) is 15.7. The Bertz CT molecular complexity index is 721. The van der Waals surface area contributed by atoms with Gasteiger partial charge in [0.1, 0.15) is 0 Å². The molecule has 0 bridgehead atoms. The molecule has 2 rings (SSSR count). The van der Waals surface area contributed by atoms with E-state index in [9.17, 15) is 4.79 Å². The molecule has 0 aromatic heterocycles. The number of nitrogens with one attached hydrogen (secondary N) is 2. The van der Waals surface area contributed by atoms with Crippen molar-refractivity contribution in [1.29, 1.82) is 0 Å². The molecule has 6 nitrogen and oxygen atoms in total. The van der Waals surface area contributed by atoms with E-state index in [0.717, 1.165) is 11.3 Å². The molecule has 0 saturated carbocycles. The summed E-state index contributed by atoms with van der Waals surface area (Å²) in [5, 5.41) is 6.13. The average molecular weight is 358 g/mol. The number of anilines is 1. The molecule has 2 aromatic rings. The number of ether oxygens (including phenoxy) is 3. The van der Waals surface area contributed by atoms with Crippen molar-refractivity contribution >= 4 is 11.6 Å². The standard InChI is InChI=1S/C20H26N2O4/c1-14-6-5-7-15(10-14)13-22-19(23)8-9-21-16-11-17(24-2)20(26-4)18(12-16)25-3/h5-7,10-12,21H,8-9,13H2,1-4H3,(H,22,23). The zero-order chi connectivity index (χ0) is 18.9. The number of hydrogen-bond acceptors (Lipinski definition) is 5. The number of amides is 1. The quantitative estimate of drug-likeness (QED) is 0.721. The van der Waals surface area contributed by atoms with Crippen molar-refractivity contribution in [2.24, 2.45) is 0 Å². The lowest BCUT2D eigenvalue weighted by Crippen LogP contribution is -2.24. The second-order valence-electron chi connectivity index (χ2n) is 5.86. The number of rotatable bonds is 9. The molecule has 26 heavy (non-hydrogen) atoms. The van der Waals surface area contributed by atoms with E-state index in [0.29, 0.717) is 36.8 Å². The molecule has 0 aliphatic carbocycles. The summed E-state index contributed by atoms with van der Waals surface area (Å²) in [6.07, 6.45) is 0.364. The van der Waals surface area contributed by atoms with Crippen LogP contribution in [-0.4, -0.2) is 33.8 Å². The fourth-order valence-corrected chi connectivity index (χ4v) is 2.61. The Morgan fingerprint density at radius 1 is 1.00 bits per heavy atom. The Hall–Kier alpha value is -2.89. The molecule has 0 unspecified atom stereocenters. The van der Waals surface area contributed by atoms with E-state index in [1.165, 1.54) is 5.56 Å². The summed E-state index contributed by atoms with van der Waals surface area (Å²) < 4.78 is 15.9. The highest BCUT2D eigenvalue weighted by Gasteiger charge is 2.13. The highest BCUT2D eigenvalue weighted by atomic mass is 16.5. The van der Waals surface area contributed by atoms with Crippen LogP contribution in [0.2, 0.25) is 0 Å². The minimum absolute atomic E-state index is 0.00792. The van der Waals surface area contributed by atoms with Crippen LogP contribution in [0.3, 0.4) is 0 Å². The first kappa shape index (κ1) is 19.4. The molecular weight excluding hydrogens is 332 g/mol. The van der Waals surface area contributed by atoms with Gasteiger partial charge in [0.15, 0.2) is 11.5 Å². The van der Waals surface area contributed by atoms with Gasteiger partial charge in [-0.15, -0.1) is 0 Å². The number of aryl methyl sites for hydroxylation is 1. The lowest BCUT2D eigenvalue weighted by molar-refractivity contribution is -0.121. The van der Waals surface area contributed by atoms with Crippen molar-refractivity contribution in [2.45, 2.75) is 19.9 Å². The molecule has 0 fully saturated rings. The van der Waals surface area contributed by atoms with Gasteiger partial charge in [-0.3, -0.25) is 4.79 Å². The Morgan fingerprint density at radius 2 is 1.69 bits per heavy atom. The highest BCUT2D eigenvalue weighted by Crippen LogP contribution is 2.39. The zero-order valence-electron chi connectivity index (χ0n) is 15.7. The number of methoxy groups -OCH3 is 3. The van der Waals surface area contributed by atoms with Crippen LogP contribution in [0.1, 0.15) is 17.5 Å². The van der Waals surface area contributed by atoms with Crippen molar-refractivity contribution < 1.29 is 19.0 Å². The SMILES string of the molecule is COc1cc(NCCC(=O)NCc2cccc(C)c2)cc(OC)c1OC. The molecule has 2 N–H and O–H groups in total. The minimum Gasteiger partial charge on any atom is -0.493 e. The summed E-state index contributed by atoms with van der Waals surface area (Å²) in [6, 6.07) is 11.7. The first-order chi connectivity index (χ1) is 12.6. The van der Waals surface area contributed by atoms with E-state index in [2.05, 4.69) is 16.7 Å². The van der Waals surface area contributed by atoms with E-state index in [-0.39, 0.29) is 5.91 Å². The summed E-state index contributed by atoms with van der Waals surface area (Å²) in [6.45, 7) is 3.07. The number of hydrogen-bond donors (Lipinski definition) is 2. The van der Waals surface area contributed by atoms with Crippen LogP contribution < -0.4 is 24.8 Å². The van der Waals surface area contributed by atoms with E-state index < -0.39 is 0 Å². The van der Waals surface area contributed by atoms with Gasteiger partial charge in [-0.1, -0.05) is 29.8 Å². The van der Waals surface area contributed by atoms with Crippen LogP contribution >= 0.6 is 0 Å². The third kappa shape index (κ3) is 5.31. The van der Waals surface area contributed by atoms with Gasteiger partial charge >= 0.3 is 0 Å². The Kier molecular flexibility index (Phi) is 7.14. The Morgan fingerprint density at radius 3 is 2.27 bits per heavy atom. The third-order valence-electron chi connectivity index (χ3n) is 3.92. The van der Waals surface area contributed by atoms with E-state index in [1.807, 2.05) is 37.3 Å². The third-order valence-corrected chi connectivity index (χ3v) is 3.92. The summed E-state index contributed by atoms with van der Waals surface area (Å²) in [4.78, 5) is 12.0. The van der Waals surface area contributed by atoms with Gasteiger partial charge in [-0.2, -0.15) is 0 Å². The van der Waals surface area contributed by atoms with Gasteiger partial charge in [-0.05, 0) is 12.5 Å². The maximum absolute atomic E-state index is 12.0. The molecule has 0 aliphatic rings. The summed E-state index contributed by atoms with van der Waals surface area (Å²) in [5.74, 6) is 1.67. The average Bonchev–Trinajstić information content (AvgIpc) is 2.65. The Balaban J connectivity index is 1.86. The maximum Gasteiger partial charge on any atom is 0.222 e. The van der Waals surface area contributed by atoms with Gasteiger partial charge in [-0.25, -0.2) is 0 Å². The fourth-order valence-electron chi connectivity index (χ4n) is 2.61. The second kappa shape index (κ2) is 9.56. The van der Waals surface area contributed by atoms with Gasteiger partial charge in [0.05, 0.1) is 21.3 Å². The van der Waals surface area contributed by atoms with Gasteiger partial charge in [0.2, 0.25) is 11.7 Å². The second-order valence-corrected chi connectivity index (χ2v) is 5.86. The molecule has 0 saturated heterocycles. The van der Waals surface area contributed by atoms with Crippen LogP contribution in [0.25, 0.3) is 0 Å². The monoisotopic (exact) mass is 358 g/mol. The van der Waals surface area contributed by atoms with Crippen LogP contribution in [0, 0.1) is 6.92 Å². The summed E-state index contributed by atoms with van der Waals surface area (Å²) in [5.41, 5.74) is 3.07. The molecule has 0 heterocycles. The minimum atomic E-state index is -0.00792. The van der Waals surface area contributed by atoms with Crippen LogP contribution in [0.4, 0.5) is 5.69 Å². The molecule has 1 amide bonds. The van der Waals surface area contributed by atoms with Gasteiger partial charge in [0.25, 0.3) is 0 Å². The fraction of sp³-hybridized carbons (Fsp3) is 0.350. The number of carbonyl (C=O) groups excluding carboxylic acids is 1. The topological polar surface area (TPSA) is 68.8 Å². The lowest BCUT2D eigenvalue weighted by Gasteiger charge is -2.15. The molecule has 0 aliphatic heterocycles. The molecule has 0 radical (unpaired) electrons. The predicted octanol–water partition coefficient (Wildman–Crippen LogP) is 3.14. The molecule has 2 aromatic carbocycles. The Labute approximate surface area is 154 Å². The first-order valence-electron chi connectivity index (χ1n) is 8.43. The van der Waals surface area contributed by atoms with Gasteiger partial charge in [0, 0.05) is 37.3 Å². The van der Waals surface area contributed by atoms with E-state index >= 15 is 0 Å². The van der Waals surface area contributed by atoms with Crippen LogP contribution in [-0.2, 0) is 11.3 Å². The van der Waals surface area contributed by atoms with Crippen molar-refractivity contribution in [3.8, 4) is 17.2 Å². The maximum atomic E-state index is 12.0. The normalized spacial score (nSPS) is 10.2. The van der Waals surface area contributed by atoms with Crippen molar-refractivity contribution in [2.75, 3.05) is 33.2 Å². The van der Waals surface area contributed by atoms with Crippen molar-refractivity contribution in [1.82, 2.24) is 5.32 Å². The summed E-state index contributed by atoms with van der Waals surface area (Å²) in [7, 11) is 4.70. The molecule has 0 atom stereocenters. The van der Waals surface area contributed by atoms with E-state index in [4.69, 9.17) is 14.2 Å². The molecular formula is C20H26N2O4. The largest absolute Gasteiger partial charge is 0.493 e. The van der Waals surface area contributed by atoms with Crippen molar-refractivity contribution in [3.63, 3.8) is 0 Å². The number of benzene rings is 2. The summed E-state index contributed by atoms with van der Waals surface area (Å²) >= 11 is 0. The van der Waals surface area contributed by atoms with Crippen LogP contribution in [0.5, 0.6) is 17.2 Å². The first-order valence-corrected chi connectivity index (χ1v) is 8.43. The smallest absolute Gasteiger partial charge is 0.222 e. The molecule has 6 heteroatoms.